The van der Waals surface area contributed by atoms with Gasteiger partial charge in [0, 0.05) is 68.5 Å². The van der Waals surface area contributed by atoms with Crippen LogP contribution in [0.5, 0.6) is 0 Å². The zero-order valence-corrected chi connectivity index (χ0v) is 30.9. The van der Waals surface area contributed by atoms with E-state index in [0.717, 1.165) is 67.0 Å². The van der Waals surface area contributed by atoms with Crippen molar-refractivity contribution in [2.75, 3.05) is 4.90 Å². The van der Waals surface area contributed by atoms with Crippen molar-refractivity contribution in [3.05, 3.63) is 207 Å². The molecule has 0 radical (unpaired) electrons. The third kappa shape index (κ3) is 6.01. The molecule has 0 spiro atoms. The Morgan fingerprint density at radius 2 is 0.632 bits per heavy atom. The third-order valence-electron chi connectivity index (χ3n) is 11.1. The molecule has 0 saturated heterocycles. The van der Waals surface area contributed by atoms with Crippen LogP contribution in [0, 0.1) is 0 Å². The Kier molecular flexibility index (Phi) is 7.78. The van der Waals surface area contributed by atoms with Crippen molar-refractivity contribution in [2.45, 2.75) is 0 Å². The van der Waals surface area contributed by atoms with Crippen LogP contribution in [-0.2, 0) is 0 Å². The molecule has 4 nitrogen and oxygen atoms in total. The lowest BCUT2D eigenvalue weighted by atomic mass is 9.98. The van der Waals surface area contributed by atoms with Crippen molar-refractivity contribution >= 4 is 70.9 Å². The van der Waals surface area contributed by atoms with Gasteiger partial charge in [-0.05, 0) is 98.4 Å². The van der Waals surface area contributed by atoms with Crippen LogP contribution < -0.4 is 4.90 Å². The number of hydrogen-bond donors (Lipinski definition) is 0. The second-order valence-electron chi connectivity index (χ2n) is 14.6. The summed E-state index contributed by atoms with van der Waals surface area (Å²) >= 11 is 0. The topological polar surface area (TPSA) is 41.9 Å². The fourth-order valence-corrected chi connectivity index (χ4v) is 8.09. The van der Waals surface area contributed by atoms with Crippen molar-refractivity contribution in [2.24, 2.45) is 0 Å². The smallest absolute Gasteiger partial charge is 0.0708 e. The minimum absolute atomic E-state index is 0.955. The van der Waals surface area contributed by atoms with Gasteiger partial charge in [-0.1, -0.05) is 127 Å². The number of nitrogens with zero attached hydrogens (tertiary/aromatic N) is 4. The Balaban J connectivity index is 0.981. The van der Waals surface area contributed by atoms with Crippen LogP contribution in [-0.4, -0.2) is 15.0 Å². The molecule has 0 N–H and O–H groups in total. The average Bonchev–Trinajstić information content (AvgIpc) is 3.29. The van der Waals surface area contributed by atoms with Gasteiger partial charge in [0.25, 0.3) is 0 Å². The largest absolute Gasteiger partial charge is 0.310 e. The Morgan fingerprint density at radius 1 is 0.263 bits per heavy atom. The second kappa shape index (κ2) is 13.6. The SMILES string of the molecule is c1ccc2cc(-c3ccc(N(c4ccc(-c5cc6ccccc6cn5)cc4)c4ccc5c(ccc6cc(-c7cc8ccccc8cn7)ccc65)c4)cc3)ncc2c1. The molecule has 0 fully saturated rings. The molecular weight excluding hydrogens is 693 g/mol. The highest BCUT2D eigenvalue weighted by atomic mass is 15.1. The molecule has 4 heteroatoms. The molecule has 0 saturated carbocycles. The van der Waals surface area contributed by atoms with Gasteiger partial charge in [-0.3, -0.25) is 15.0 Å². The van der Waals surface area contributed by atoms with Crippen LogP contribution in [0.2, 0.25) is 0 Å². The second-order valence-corrected chi connectivity index (χ2v) is 14.6. The van der Waals surface area contributed by atoms with Crippen LogP contribution in [0.3, 0.4) is 0 Å². The van der Waals surface area contributed by atoms with Crippen molar-refractivity contribution in [1.29, 1.82) is 0 Å². The number of hydrogen-bond acceptors (Lipinski definition) is 4. The van der Waals surface area contributed by atoms with E-state index in [9.17, 15) is 0 Å². The van der Waals surface area contributed by atoms with Gasteiger partial charge in [0.05, 0.1) is 17.1 Å². The van der Waals surface area contributed by atoms with Gasteiger partial charge < -0.3 is 4.90 Å². The molecule has 8 aromatic carbocycles. The van der Waals surface area contributed by atoms with Gasteiger partial charge in [-0.15, -0.1) is 0 Å². The molecule has 11 aromatic rings. The van der Waals surface area contributed by atoms with Gasteiger partial charge in [0.2, 0.25) is 0 Å². The highest BCUT2D eigenvalue weighted by molar-refractivity contribution is 6.09. The molecule has 3 heterocycles. The average molecular weight is 727 g/mol. The molecule has 0 aliphatic rings. The lowest BCUT2D eigenvalue weighted by Crippen LogP contribution is -2.10. The predicted octanol–water partition coefficient (Wildman–Crippen LogP) is 14.1. The van der Waals surface area contributed by atoms with E-state index in [-0.39, 0.29) is 0 Å². The maximum Gasteiger partial charge on any atom is 0.0708 e. The van der Waals surface area contributed by atoms with E-state index in [1.807, 2.05) is 30.7 Å². The third-order valence-corrected chi connectivity index (χ3v) is 11.1. The Labute approximate surface area is 330 Å². The highest BCUT2D eigenvalue weighted by Gasteiger charge is 2.16. The van der Waals surface area contributed by atoms with Crippen LogP contribution in [0.1, 0.15) is 0 Å². The maximum atomic E-state index is 4.80. The summed E-state index contributed by atoms with van der Waals surface area (Å²) in [6.45, 7) is 0. The van der Waals surface area contributed by atoms with Gasteiger partial charge in [0.1, 0.15) is 0 Å². The molecule has 266 valence electrons. The van der Waals surface area contributed by atoms with Crippen LogP contribution in [0.15, 0.2) is 207 Å². The number of benzene rings is 8. The summed E-state index contributed by atoms with van der Waals surface area (Å²) in [4.78, 5) is 16.7. The fourth-order valence-electron chi connectivity index (χ4n) is 8.09. The summed E-state index contributed by atoms with van der Waals surface area (Å²) in [5.41, 5.74) is 9.34. The molecule has 57 heavy (non-hydrogen) atoms. The lowest BCUT2D eigenvalue weighted by molar-refractivity contribution is 1.28. The van der Waals surface area contributed by atoms with E-state index in [4.69, 9.17) is 15.0 Å². The summed E-state index contributed by atoms with van der Waals surface area (Å²) < 4.78 is 0. The summed E-state index contributed by atoms with van der Waals surface area (Å²) in [5.74, 6) is 0. The van der Waals surface area contributed by atoms with E-state index in [0.29, 0.717) is 0 Å². The van der Waals surface area contributed by atoms with Crippen molar-refractivity contribution in [3.63, 3.8) is 0 Å². The lowest BCUT2D eigenvalue weighted by Gasteiger charge is -2.26. The van der Waals surface area contributed by atoms with Crippen molar-refractivity contribution in [3.8, 4) is 33.8 Å². The zero-order chi connectivity index (χ0) is 37.7. The van der Waals surface area contributed by atoms with E-state index in [2.05, 4.69) is 181 Å². The van der Waals surface area contributed by atoms with Crippen molar-refractivity contribution < 1.29 is 0 Å². The number of aromatic nitrogens is 3. The minimum atomic E-state index is 0.955. The van der Waals surface area contributed by atoms with E-state index >= 15 is 0 Å². The summed E-state index contributed by atoms with van der Waals surface area (Å²) in [5, 5.41) is 11.8. The predicted molar refractivity (Wildman–Crippen MR) is 238 cm³/mol. The number of rotatable bonds is 6. The molecule has 0 amide bonds. The molecule has 0 unspecified atom stereocenters. The number of fused-ring (bicyclic) bond motifs is 6. The van der Waals surface area contributed by atoms with Crippen LogP contribution >= 0.6 is 0 Å². The van der Waals surface area contributed by atoms with E-state index in [1.165, 1.54) is 37.7 Å². The quantitative estimate of drug-likeness (QED) is 0.160. The molecule has 0 atom stereocenters. The zero-order valence-electron chi connectivity index (χ0n) is 30.9. The van der Waals surface area contributed by atoms with Gasteiger partial charge in [-0.25, -0.2) is 0 Å². The van der Waals surface area contributed by atoms with Crippen LogP contribution in [0.4, 0.5) is 17.1 Å². The monoisotopic (exact) mass is 726 g/mol. The van der Waals surface area contributed by atoms with Crippen molar-refractivity contribution in [1.82, 2.24) is 15.0 Å². The normalized spacial score (nSPS) is 11.5. The van der Waals surface area contributed by atoms with Gasteiger partial charge >= 0.3 is 0 Å². The summed E-state index contributed by atoms with van der Waals surface area (Å²) in [6, 6.07) is 67.0. The standard InChI is InChI=1S/C53H34N4/c1-4-10-43-32-54-51(29-37(43)7-1)35-15-20-46(21-16-35)57(47-22-17-36(18-23-47)52-30-38-8-2-5-11-44(38)33-55-52)48-24-26-50-41(28-48)14-13-40-27-42(19-25-49(40)50)53-31-39-9-3-6-12-45(39)34-56-53/h1-34H. The van der Waals surface area contributed by atoms with E-state index < -0.39 is 0 Å². The minimum Gasteiger partial charge on any atom is -0.310 e. The fraction of sp³-hybridized carbons (Fsp3) is 0. The summed E-state index contributed by atoms with van der Waals surface area (Å²) in [6.07, 6.45) is 5.87. The Hall–Kier alpha value is -7.69. The first-order valence-electron chi connectivity index (χ1n) is 19.2. The first-order chi connectivity index (χ1) is 28.2. The van der Waals surface area contributed by atoms with Gasteiger partial charge in [-0.2, -0.15) is 0 Å². The number of anilines is 3. The molecule has 11 rings (SSSR count). The van der Waals surface area contributed by atoms with E-state index in [1.54, 1.807) is 0 Å². The molecular formula is C53H34N4. The summed E-state index contributed by atoms with van der Waals surface area (Å²) in [7, 11) is 0. The van der Waals surface area contributed by atoms with Crippen LogP contribution in [0.25, 0.3) is 87.6 Å². The molecule has 0 aliphatic heterocycles. The molecule has 0 bridgehead atoms. The Morgan fingerprint density at radius 3 is 1.11 bits per heavy atom. The molecule has 3 aromatic heterocycles. The van der Waals surface area contributed by atoms with Gasteiger partial charge in [0.15, 0.2) is 0 Å². The number of pyridine rings is 3. The maximum absolute atomic E-state index is 4.80. The first kappa shape index (κ1) is 32.7. The Bertz CT molecular complexity index is 3180. The highest BCUT2D eigenvalue weighted by Crippen LogP contribution is 2.39. The first-order valence-corrected chi connectivity index (χ1v) is 19.2. The molecule has 0 aliphatic carbocycles.